The lowest BCUT2D eigenvalue weighted by atomic mass is 9.82. The molecule has 1 heterocycles. The van der Waals surface area contributed by atoms with Gasteiger partial charge in [-0.2, -0.15) is 0 Å². The molecule has 38 heavy (non-hydrogen) atoms. The van der Waals surface area contributed by atoms with Gasteiger partial charge in [0, 0.05) is 12.0 Å². The van der Waals surface area contributed by atoms with Gasteiger partial charge in [-0.3, -0.25) is 0 Å². The number of carbonyl (C=O) groups excluding carboxylic acids is 2. The topological polar surface area (TPSA) is 65.1 Å². The molecule has 1 amide bonds. The molecule has 9 heteroatoms. The number of aryl methyl sites for hydroxylation is 1. The van der Waals surface area contributed by atoms with Crippen LogP contribution in [0.3, 0.4) is 0 Å². The number of methoxy groups -OCH3 is 1. The third-order valence-corrected chi connectivity index (χ3v) is 7.06. The van der Waals surface area contributed by atoms with Gasteiger partial charge >= 0.3 is 12.1 Å². The van der Waals surface area contributed by atoms with Crippen molar-refractivity contribution >= 4 is 29.2 Å². The van der Waals surface area contributed by atoms with Gasteiger partial charge in [0.25, 0.3) is 0 Å². The number of halogens is 3. The van der Waals surface area contributed by atoms with E-state index in [1.54, 1.807) is 4.90 Å². The van der Waals surface area contributed by atoms with Crippen LogP contribution in [0.2, 0.25) is 5.02 Å². The zero-order valence-corrected chi connectivity index (χ0v) is 22.8. The molecule has 0 bridgehead atoms. The zero-order chi connectivity index (χ0) is 27.7. The summed E-state index contributed by atoms with van der Waals surface area (Å²) in [7, 11) is 1.34. The molecule has 0 aromatic heterocycles. The maximum atomic E-state index is 13.9. The van der Waals surface area contributed by atoms with Crippen LogP contribution in [0.25, 0.3) is 5.57 Å². The van der Waals surface area contributed by atoms with E-state index in [9.17, 15) is 18.4 Å². The second-order valence-corrected chi connectivity index (χ2v) is 11.2. The number of nitrogens with zero attached hydrogens (tertiary/aromatic N) is 1. The Morgan fingerprint density at radius 2 is 1.71 bits per heavy atom. The number of hydrogen-bond donors (Lipinski definition) is 0. The smallest absolute Gasteiger partial charge is 0.410 e. The van der Waals surface area contributed by atoms with Crippen LogP contribution in [0.15, 0.2) is 42.0 Å². The molecule has 2 aromatic rings. The average Bonchev–Trinajstić information content (AvgIpc) is 3.63. The average molecular weight is 548 g/mol. The fourth-order valence-corrected chi connectivity index (χ4v) is 5.01. The summed E-state index contributed by atoms with van der Waals surface area (Å²) in [6.45, 7) is 6.21. The van der Waals surface area contributed by atoms with Crippen molar-refractivity contribution in [1.82, 2.24) is 4.90 Å². The Bertz CT molecular complexity index is 1250. The molecule has 0 atom stereocenters. The van der Waals surface area contributed by atoms with E-state index >= 15 is 0 Å². The van der Waals surface area contributed by atoms with Crippen LogP contribution in [-0.4, -0.2) is 49.4 Å². The number of ether oxygens (including phenoxy) is 3. The second kappa shape index (κ2) is 10.9. The third kappa shape index (κ3) is 6.12. The van der Waals surface area contributed by atoms with E-state index in [0.717, 1.165) is 41.7 Å². The van der Waals surface area contributed by atoms with Gasteiger partial charge in [-0.1, -0.05) is 35.9 Å². The predicted molar refractivity (Wildman–Crippen MR) is 140 cm³/mol. The Kier molecular flexibility index (Phi) is 8.02. The quantitative estimate of drug-likeness (QED) is 0.222. The molecule has 1 aliphatic heterocycles. The highest BCUT2D eigenvalue weighted by atomic mass is 35.5. The fraction of sp³-hybridized carbons (Fsp3) is 0.448. The first-order chi connectivity index (χ1) is 17.9. The predicted octanol–water partition coefficient (Wildman–Crippen LogP) is 6.59. The highest BCUT2D eigenvalue weighted by molar-refractivity contribution is 6.32. The first-order valence-electron chi connectivity index (χ1n) is 12.6. The Morgan fingerprint density at radius 1 is 1.05 bits per heavy atom. The molecule has 1 saturated carbocycles. The summed E-state index contributed by atoms with van der Waals surface area (Å²) in [5.74, 6) is -2.17. The molecular formula is C29H32ClF2NO5. The molecule has 1 spiro atoms. The molecule has 1 fully saturated rings. The van der Waals surface area contributed by atoms with Crippen molar-refractivity contribution in [3.63, 3.8) is 0 Å². The Morgan fingerprint density at radius 3 is 2.32 bits per heavy atom. The van der Waals surface area contributed by atoms with Crippen LogP contribution in [0.1, 0.15) is 51.2 Å². The molecule has 2 aromatic carbocycles. The van der Waals surface area contributed by atoms with Crippen LogP contribution in [0.5, 0.6) is 5.75 Å². The van der Waals surface area contributed by atoms with Crippen molar-refractivity contribution in [2.75, 3.05) is 26.8 Å². The van der Waals surface area contributed by atoms with E-state index in [1.165, 1.54) is 7.11 Å². The van der Waals surface area contributed by atoms with Crippen LogP contribution in [-0.2, 0) is 20.7 Å². The summed E-state index contributed by atoms with van der Waals surface area (Å²) in [4.78, 5) is 27.2. The van der Waals surface area contributed by atoms with Crippen molar-refractivity contribution in [3.8, 4) is 5.75 Å². The standard InChI is InChI=1S/C29H32ClF2NO5/c1-28(2,3)38-27(35)33-16-20(26(34)36-4)23(29(17-33)13-14-29)19-9-7-18(8-10-19)6-5-15-37-25-22(32)12-11-21(31)24(25)30/h7-12H,5-6,13-17H2,1-4H3. The van der Waals surface area contributed by atoms with Gasteiger partial charge in [-0.15, -0.1) is 0 Å². The van der Waals surface area contributed by atoms with Crippen LogP contribution in [0, 0.1) is 17.0 Å². The Balaban J connectivity index is 1.47. The lowest BCUT2D eigenvalue weighted by molar-refractivity contribution is -0.136. The largest absolute Gasteiger partial charge is 0.489 e. The number of carbonyl (C=O) groups is 2. The number of benzene rings is 2. The van der Waals surface area contributed by atoms with Crippen LogP contribution >= 0.6 is 11.6 Å². The summed E-state index contributed by atoms with van der Waals surface area (Å²) in [5, 5.41) is -0.365. The van der Waals surface area contributed by atoms with Gasteiger partial charge in [0.1, 0.15) is 16.4 Å². The van der Waals surface area contributed by atoms with Gasteiger partial charge in [0.05, 0.1) is 25.8 Å². The summed E-state index contributed by atoms with van der Waals surface area (Å²) in [5.41, 5.74) is 2.40. The minimum Gasteiger partial charge on any atom is -0.489 e. The molecule has 0 radical (unpaired) electrons. The van der Waals surface area contributed by atoms with Gasteiger partial charge in [0.2, 0.25) is 0 Å². The number of esters is 1. The minimum absolute atomic E-state index is 0.122. The van der Waals surface area contributed by atoms with E-state index in [1.807, 2.05) is 45.0 Å². The van der Waals surface area contributed by atoms with E-state index < -0.39 is 29.3 Å². The molecule has 204 valence electrons. The molecule has 0 unspecified atom stereocenters. The molecule has 6 nitrogen and oxygen atoms in total. The van der Waals surface area contributed by atoms with E-state index in [0.29, 0.717) is 25.0 Å². The van der Waals surface area contributed by atoms with Crippen molar-refractivity contribution in [2.45, 2.75) is 52.1 Å². The van der Waals surface area contributed by atoms with Crippen molar-refractivity contribution < 1.29 is 32.6 Å². The third-order valence-electron chi connectivity index (χ3n) is 6.71. The Labute approximate surface area is 226 Å². The van der Waals surface area contributed by atoms with Crippen molar-refractivity contribution in [1.29, 1.82) is 0 Å². The number of rotatable bonds is 7. The van der Waals surface area contributed by atoms with Crippen molar-refractivity contribution in [3.05, 3.63) is 69.8 Å². The first-order valence-corrected chi connectivity index (χ1v) is 13.0. The maximum Gasteiger partial charge on any atom is 0.410 e. The fourth-order valence-electron chi connectivity index (χ4n) is 4.80. The first kappa shape index (κ1) is 27.9. The van der Waals surface area contributed by atoms with Gasteiger partial charge in [-0.25, -0.2) is 18.4 Å². The van der Waals surface area contributed by atoms with Crippen LogP contribution in [0.4, 0.5) is 13.6 Å². The highest BCUT2D eigenvalue weighted by Gasteiger charge is 2.53. The highest BCUT2D eigenvalue weighted by Crippen LogP contribution is 2.59. The monoisotopic (exact) mass is 547 g/mol. The lowest BCUT2D eigenvalue weighted by Gasteiger charge is -2.37. The molecule has 1 aliphatic carbocycles. The second-order valence-electron chi connectivity index (χ2n) is 10.8. The SMILES string of the molecule is COC(=O)C1=C(c2ccc(CCCOc3c(F)ccc(F)c3Cl)cc2)C2(CC2)CN(C(=O)OC(C)(C)C)C1. The van der Waals surface area contributed by atoms with Crippen molar-refractivity contribution in [2.24, 2.45) is 5.41 Å². The normalized spacial score (nSPS) is 16.4. The van der Waals surface area contributed by atoms with Gasteiger partial charge < -0.3 is 19.1 Å². The number of hydrogen-bond acceptors (Lipinski definition) is 5. The minimum atomic E-state index is -0.732. The number of amides is 1. The molecule has 2 aliphatic rings. The summed E-state index contributed by atoms with van der Waals surface area (Å²) < 4.78 is 43.5. The van der Waals surface area contributed by atoms with E-state index in [4.69, 9.17) is 25.8 Å². The summed E-state index contributed by atoms with van der Waals surface area (Å²) in [6, 6.07) is 9.84. The lowest BCUT2D eigenvalue weighted by Crippen LogP contribution is -2.45. The van der Waals surface area contributed by atoms with Gasteiger partial charge in [-0.05, 0) is 75.3 Å². The Hall–Kier alpha value is -3.13. The van der Waals surface area contributed by atoms with E-state index in [-0.39, 0.29) is 29.3 Å². The van der Waals surface area contributed by atoms with E-state index in [2.05, 4.69) is 0 Å². The molecule has 0 N–H and O–H groups in total. The van der Waals surface area contributed by atoms with Gasteiger partial charge in [0.15, 0.2) is 11.6 Å². The molecular weight excluding hydrogens is 516 g/mol. The maximum absolute atomic E-state index is 13.9. The summed E-state index contributed by atoms with van der Waals surface area (Å²) in [6.07, 6.45) is 2.49. The zero-order valence-electron chi connectivity index (χ0n) is 22.0. The summed E-state index contributed by atoms with van der Waals surface area (Å²) >= 11 is 5.81. The van der Waals surface area contributed by atoms with Crippen LogP contribution < -0.4 is 4.74 Å². The molecule has 0 saturated heterocycles. The molecule has 4 rings (SSSR count).